The van der Waals surface area contributed by atoms with Gasteiger partial charge in [-0.15, -0.1) is 0 Å². The molecule has 0 saturated heterocycles. The maximum Gasteiger partial charge on any atom is 0.252 e. The van der Waals surface area contributed by atoms with Crippen molar-refractivity contribution in [3.8, 4) is 0 Å². The molecule has 1 aromatic rings. The number of nitrogens with one attached hydrogen (secondary N) is 1. The summed E-state index contributed by atoms with van der Waals surface area (Å²) in [4.78, 5) is 15.8. The number of carbonyl (C=O) groups excluding carboxylic acids is 1. The van der Waals surface area contributed by atoms with E-state index in [9.17, 15) is 4.79 Å². The van der Waals surface area contributed by atoms with Crippen molar-refractivity contribution >= 4 is 5.91 Å². The Morgan fingerprint density at radius 2 is 2.31 bits per heavy atom. The molecule has 0 atom stereocenters. The second-order valence-corrected chi connectivity index (χ2v) is 4.53. The van der Waals surface area contributed by atoms with Crippen molar-refractivity contribution in [2.75, 3.05) is 13.2 Å². The minimum atomic E-state index is -0.118. The molecular weight excluding hydrogens is 204 g/mol. The van der Waals surface area contributed by atoms with Crippen LogP contribution < -0.4 is 5.32 Å². The highest BCUT2D eigenvalue weighted by Gasteiger charge is 2.42. The fourth-order valence-electron chi connectivity index (χ4n) is 1.54. The summed E-state index contributed by atoms with van der Waals surface area (Å²) in [6.07, 6.45) is 3.56. The molecule has 1 aliphatic carbocycles. The number of pyridine rings is 1. The Balaban J connectivity index is 1.91. The predicted molar refractivity (Wildman–Crippen MR) is 60.1 cm³/mol. The highest BCUT2D eigenvalue weighted by molar-refractivity contribution is 5.93. The van der Waals surface area contributed by atoms with Crippen LogP contribution in [0.5, 0.6) is 0 Å². The lowest BCUT2D eigenvalue weighted by atomic mass is 10.1. The van der Waals surface area contributed by atoms with Gasteiger partial charge in [-0.25, -0.2) is 0 Å². The standard InChI is InChI=1S/C12H16N2O2/c1-9-2-3-10(6-13-9)11(16)14-7-12(8-15)4-5-12/h2-3,6,15H,4-5,7-8H2,1H3,(H,14,16). The van der Waals surface area contributed by atoms with Gasteiger partial charge < -0.3 is 10.4 Å². The molecule has 0 aliphatic heterocycles. The van der Waals surface area contributed by atoms with Gasteiger partial charge in [-0.05, 0) is 31.9 Å². The minimum absolute atomic E-state index is 0.0478. The first-order chi connectivity index (χ1) is 7.65. The highest BCUT2D eigenvalue weighted by Crippen LogP contribution is 2.44. The fourth-order valence-corrected chi connectivity index (χ4v) is 1.54. The number of aliphatic hydroxyl groups excluding tert-OH is 1. The van der Waals surface area contributed by atoms with Gasteiger partial charge in [0.05, 0.1) is 12.2 Å². The van der Waals surface area contributed by atoms with Gasteiger partial charge in [0, 0.05) is 23.9 Å². The average molecular weight is 220 g/mol. The molecule has 0 radical (unpaired) electrons. The third kappa shape index (κ3) is 2.39. The first-order valence-corrected chi connectivity index (χ1v) is 5.47. The quantitative estimate of drug-likeness (QED) is 0.792. The number of aryl methyl sites for hydroxylation is 1. The Bertz CT molecular complexity index is 383. The number of aliphatic hydroxyl groups is 1. The number of carbonyl (C=O) groups is 1. The van der Waals surface area contributed by atoms with Crippen molar-refractivity contribution in [3.05, 3.63) is 29.6 Å². The van der Waals surface area contributed by atoms with Crippen LogP contribution in [-0.4, -0.2) is 29.1 Å². The second-order valence-electron chi connectivity index (χ2n) is 4.53. The van der Waals surface area contributed by atoms with Crippen molar-refractivity contribution in [3.63, 3.8) is 0 Å². The number of aromatic nitrogens is 1. The molecule has 1 aromatic heterocycles. The van der Waals surface area contributed by atoms with Crippen molar-refractivity contribution in [2.24, 2.45) is 5.41 Å². The van der Waals surface area contributed by atoms with E-state index >= 15 is 0 Å². The van der Waals surface area contributed by atoms with Crippen LogP contribution in [0.1, 0.15) is 28.9 Å². The summed E-state index contributed by atoms with van der Waals surface area (Å²) in [7, 11) is 0. The van der Waals surface area contributed by atoms with E-state index in [2.05, 4.69) is 10.3 Å². The molecule has 2 rings (SSSR count). The van der Waals surface area contributed by atoms with Crippen molar-refractivity contribution in [2.45, 2.75) is 19.8 Å². The molecule has 4 nitrogen and oxygen atoms in total. The number of hydrogen-bond donors (Lipinski definition) is 2. The Morgan fingerprint density at radius 1 is 1.56 bits per heavy atom. The lowest BCUT2D eigenvalue weighted by molar-refractivity contribution is 0.0935. The SMILES string of the molecule is Cc1ccc(C(=O)NCC2(CO)CC2)cn1. The van der Waals surface area contributed by atoms with Crippen LogP contribution in [0.15, 0.2) is 18.3 Å². The summed E-state index contributed by atoms with van der Waals surface area (Å²) in [6.45, 7) is 2.59. The van der Waals surface area contributed by atoms with E-state index in [1.165, 1.54) is 0 Å². The van der Waals surface area contributed by atoms with Crippen LogP contribution in [0, 0.1) is 12.3 Å². The van der Waals surface area contributed by atoms with Gasteiger partial charge in [-0.1, -0.05) is 0 Å². The van der Waals surface area contributed by atoms with E-state index in [-0.39, 0.29) is 17.9 Å². The van der Waals surface area contributed by atoms with Crippen molar-refractivity contribution in [1.29, 1.82) is 0 Å². The molecule has 1 fully saturated rings. The lowest BCUT2D eigenvalue weighted by Crippen LogP contribution is -2.31. The van der Waals surface area contributed by atoms with Gasteiger partial charge in [0.25, 0.3) is 5.91 Å². The van der Waals surface area contributed by atoms with Crippen LogP contribution in [0.25, 0.3) is 0 Å². The normalized spacial score (nSPS) is 16.9. The van der Waals surface area contributed by atoms with Gasteiger partial charge in [0.1, 0.15) is 0 Å². The van der Waals surface area contributed by atoms with E-state index in [0.29, 0.717) is 12.1 Å². The van der Waals surface area contributed by atoms with Crippen LogP contribution in [0.4, 0.5) is 0 Å². The molecule has 4 heteroatoms. The van der Waals surface area contributed by atoms with E-state index < -0.39 is 0 Å². The summed E-state index contributed by atoms with van der Waals surface area (Å²) >= 11 is 0. The van der Waals surface area contributed by atoms with Gasteiger partial charge >= 0.3 is 0 Å². The molecule has 86 valence electrons. The predicted octanol–water partition coefficient (Wildman–Crippen LogP) is 0.892. The number of rotatable bonds is 4. The minimum Gasteiger partial charge on any atom is -0.396 e. The molecule has 0 spiro atoms. The lowest BCUT2D eigenvalue weighted by Gasteiger charge is -2.12. The zero-order chi connectivity index (χ0) is 11.6. The van der Waals surface area contributed by atoms with E-state index in [0.717, 1.165) is 18.5 Å². The Kier molecular flexibility index (Phi) is 2.92. The summed E-state index contributed by atoms with van der Waals surface area (Å²) in [6, 6.07) is 3.57. The molecule has 0 bridgehead atoms. The summed E-state index contributed by atoms with van der Waals surface area (Å²) in [5, 5.41) is 11.9. The van der Waals surface area contributed by atoms with Gasteiger partial charge in [0.15, 0.2) is 0 Å². The number of amides is 1. The molecular formula is C12H16N2O2. The molecule has 1 aliphatic rings. The summed E-state index contributed by atoms with van der Waals surface area (Å²) < 4.78 is 0. The maximum atomic E-state index is 11.7. The van der Waals surface area contributed by atoms with Gasteiger partial charge in [-0.2, -0.15) is 0 Å². The summed E-state index contributed by atoms with van der Waals surface area (Å²) in [5.41, 5.74) is 1.42. The van der Waals surface area contributed by atoms with Crippen molar-refractivity contribution < 1.29 is 9.90 Å². The Hall–Kier alpha value is -1.42. The first kappa shape index (κ1) is 11.1. The summed E-state index contributed by atoms with van der Waals surface area (Å²) in [5.74, 6) is -0.118. The number of nitrogens with zero attached hydrogens (tertiary/aromatic N) is 1. The molecule has 1 saturated carbocycles. The highest BCUT2D eigenvalue weighted by atomic mass is 16.3. The Morgan fingerprint density at radius 3 is 2.81 bits per heavy atom. The average Bonchev–Trinajstić information content (AvgIpc) is 3.08. The monoisotopic (exact) mass is 220 g/mol. The zero-order valence-corrected chi connectivity index (χ0v) is 9.36. The largest absolute Gasteiger partial charge is 0.396 e. The molecule has 1 heterocycles. The Labute approximate surface area is 94.7 Å². The zero-order valence-electron chi connectivity index (χ0n) is 9.36. The second kappa shape index (κ2) is 4.22. The maximum absolute atomic E-state index is 11.7. The van der Waals surface area contributed by atoms with E-state index in [1.54, 1.807) is 12.3 Å². The number of hydrogen-bond acceptors (Lipinski definition) is 3. The van der Waals surface area contributed by atoms with E-state index in [4.69, 9.17) is 5.11 Å². The van der Waals surface area contributed by atoms with Crippen LogP contribution in [0.3, 0.4) is 0 Å². The van der Waals surface area contributed by atoms with Crippen LogP contribution >= 0.6 is 0 Å². The molecule has 0 aromatic carbocycles. The molecule has 2 N–H and O–H groups in total. The smallest absolute Gasteiger partial charge is 0.252 e. The third-order valence-corrected chi connectivity index (χ3v) is 3.09. The first-order valence-electron chi connectivity index (χ1n) is 5.47. The molecule has 1 amide bonds. The fraction of sp³-hybridized carbons (Fsp3) is 0.500. The third-order valence-electron chi connectivity index (χ3n) is 3.09. The van der Waals surface area contributed by atoms with E-state index in [1.807, 2.05) is 13.0 Å². The molecule has 0 unspecified atom stereocenters. The van der Waals surface area contributed by atoms with Crippen LogP contribution in [0.2, 0.25) is 0 Å². The van der Waals surface area contributed by atoms with Crippen molar-refractivity contribution in [1.82, 2.24) is 10.3 Å². The van der Waals surface area contributed by atoms with Crippen LogP contribution in [-0.2, 0) is 0 Å². The topological polar surface area (TPSA) is 62.2 Å². The molecule has 16 heavy (non-hydrogen) atoms. The van der Waals surface area contributed by atoms with Gasteiger partial charge in [0.2, 0.25) is 0 Å². The van der Waals surface area contributed by atoms with Gasteiger partial charge in [-0.3, -0.25) is 9.78 Å².